The SMILES string of the molecule is CCCCCCCCCCCCCCCCCc1cc[n+](Cc2ccccc2)cc1. The third kappa shape index (κ3) is 12.2. The van der Waals surface area contributed by atoms with Gasteiger partial charge in [-0.2, -0.15) is 0 Å². The molecule has 0 atom stereocenters. The Morgan fingerprint density at radius 1 is 0.500 bits per heavy atom. The third-order valence-electron chi connectivity index (χ3n) is 6.24. The molecule has 0 N–H and O–H groups in total. The predicted molar refractivity (Wildman–Crippen MR) is 131 cm³/mol. The second-order valence-corrected chi connectivity index (χ2v) is 9.06. The Labute approximate surface area is 186 Å². The molecule has 0 amide bonds. The summed E-state index contributed by atoms with van der Waals surface area (Å²) in [5.41, 5.74) is 2.84. The van der Waals surface area contributed by atoms with Gasteiger partial charge in [-0.3, -0.25) is 0 Å². The van der Waals surface area contributed by atoms with Crippen LogP contribution in [0.25, 0.3) is 0 Å². The van der Waals surface area contributed by atoms with Crippen LogP contribution in [0, 0.1) is 0 Å². The Balaban J connectivity index is 1.38. The van der Waals surface area contributed by atoms with Crippen molar-refractivity contribution in [1.29, 1.82) is 0 Å². The quantitative estimate of drug-likeness (QED) is 0.172. The van der Waals surface area contributed by atoms with Gasteiger partial charge in [0.15, 0.2) is 18.9 Å². The monoisotopic (exact) mass is 408 g/mol. The smallest absolute Gasteiger partial charge is 0.173 e. The zero-order chi connectivity index (χ0) is 21.1. The molecular weight excluding hydrogens is 362 g/mol. The van der Waals surface area contributed by atoms with Crippen molar-refractivity contribution < 1.29 is 4.57 Å². The second-order valence-electron chi connectivity index (χ2n) is 9.06. The molecule has 1 aromatic heterocycles. The number of unbranched alkanes of at least 4 members (excludes halogenated alkanes) is 14. The van der Waals surface area contributed by atoms with Crippen LogP contribution in [0.1, 0.15) is 114 Å². The third-order valence-corrected chi connectivity index (χ3v) is 6.24. The first kappa shape index (κ1) is 24.6. The number of benzene rings is 1. The maximum Gasteiger partial charge on any atom is 0.173 e. The number of pyridine rings is 1. The highest BCUT2D eigenvalue weighted by molar-refractivity contribution is 5.13. The molecule has 30 heavy (non-hydrogen) atoms. The van der Waals surface area contributed by atoms with Crippen LogP contribution in [-0.4, -0.2) is 0 Å². The van der Waals surface area contributed by atoms with Crippen molar-refractivity contribution in [1.82, 2.24) is 0 Å². The van der Waals surface area contributed by atoms with Crippen molar-refractivity contribution >= 4 is 0 Å². The van der Waals surface area contributed by atoms with Crippen LogP contribution in [0.5, 0.6) is 0 Å². The van der Waals surface area contributed by atoms with Crippen molar-refractivity contribution in [2.24, 2.45) is 0 Å². The summed E-state index contributed by atoms with van der Waals surface area (Å²) in [6, 6.07) is 15.3. The average Bonchev–Trinajstić information content (AvgIpc) is 2.78. The van der Waals surface area contributed by atoms with E-state index in [0.717, 1.165) is 6.54 Å². The number of hydrogen-bond acceptors (Lipinski definition) is 0. The zero-order valence-electron chi connectivity index (χ0n) is 19.7. The summed E-state index contributed by atoms with van der Waals surface area (Å²) in [5.74, 6) is 0. The Morgan fingerprint density at radius 3 is 1.47 bits per heavy atom. The zero-order valence-corrected chi connectivity index (χ0v) is 19.7. The standard InChI is InChI=1S/C29H46N/c1-2-3-4-5-6-7-8-9-10-11-12-13-14-15-17-20-28-23-25-30(26-24-28)27-29-21-18-16-19-22-29/h16,18-19,21-26H,2-15,17,20,27H2,1H3/q+1. The first-order chi connectivity index (χ1) is 14.9. The van der Waals surface area contributed by atoms with Gasteiger partial charge in [-0.15, -0.1) is 0 Å². The van der Waals surface area contributed by atoms with Gasteiger partial charge >= 0.3 is 0 Å². The Kier molecular flexibility index (Phi) is 14.0. The van der Waals surface area contributed by atoms with E-state index in [1.807, 2.05) is 0 Å². The van der Waals surface area contributed by atoms with Gasteiger partial charge in [0.05, 0.1) is 0 Å². The summed E-state index contributed by atoms with van der Waals surface area (Å²) in [5, 5.41) is 0. The molecule has 2 rings (SSSR count). The fourth-order valence-corrected chi connectivity index (χ4v) is 4.25. The molecule has 1 heterocycles. The topological polar surface area (TPSA) is 3.88 Å². The van der Waals surface area contributed by atoms with Gasteiger partial charge in [0, 0.05) is 17.7 Å². The summed E-state index contributed by atoms with van der Waals surface area (Å²) >= 11 is 0. The van der Waals surface area contributed by atoms with Crippen LogP contribution in [0.4, 0.5) is 0 Å². The Morgan fingerprint density at radius 2 is 0.967 bits per heavy atom. The number of aromatic nitrogens is 1. The van der Waals surface area contributed by atoms with Crippen LogP contribution < -0.4 is 4.57 Å². The average molecular weight is 409 g/mol. The molecule has 0 saturated heterocycles. The van der Waals surface area contributed by atoms with E-state index in [0.29, 0.717) is 0 Å². The van der Waals surface area contributed by atoms with E-state index in [9.17, 15) is 0 Å². The molecule has 0 radical (unpaired) electrons. The van der Waals surface area contributed by atoms with Gasteiger partial charge in [-0.25, -0.2) is 4.57 Å². The normalized spacial score (nSPS) is 11.1. The van der Waals surface area contributed by atoms with Crippen molar-refractivity contribution in [3.05, 3.63) is 66.0 Å². The lowest BCUT2D eigenvalue weighted by atomic mass is 10.0. The van der Waals surface area contributed by atoms with Crippen LogP contribution in [-0.2, 0) is 13.0 Å². The van der Waals surface area contributed by atoms with E-state index < -0.39 is 0 Å². The van der Waals surface area contributed by atoms with Gasteiger partial charge in [0.25, 0.3) is 0 Å². The number of rotatable bonds is 18. The fraction of sp³-hybridized carbons (Fsp3) is 0.621. The summed E-state index contributed by atoms with van der Waals surface area (Å²) in [7, 11) is 0. The van der Waals surface area contributed by atoms with Crippen LogP contribution in [0.2, 0.25) is 0 Å². The number of hydrogen-bond donors (Lipinski definition) is 0. The maximum absolute atomic E-state index is 2.30. The molecule has 0 saturated carbocycles. The van der Waals surface area contributed by atoms with E-state index in [1.54, 1.807) is 0 Å². The summed E-state index contributed by atoms with van der Waals surface area (Å²) < 4.78 is 2.27. The molecule has 0 spiro atoms. The highest BCUT2D eigenvalue weighted by Crippen LogP contribution is 2.14. The molecule has 0 bridgehead atoms. The van der Waals surface area contributed by atoms with E-state index in [-0.39, 0.29) is 0 Å². The summed E-state index contributed by atoms with van der Waals surface area (Å²) in [4.78, 5) is 0. The van der Waals surface area contributed by atoms with Gasteiger partial charge in [-0.05, 0) is 18.4 Å². The van der Waals surface area contributed by atoms with E-state index in [4.69, 9.17) is 0 Å². The molecule has 2 aromatic rings. The lowest BCUT2D eigenvalue weighted by molar-refractivity contribution is -0.688. The Hall–Kier alpha value is -1.63. The minimum atomic E-state index is 0.958. The number of aryl methyl sites for hydroxylation is 1. The second kappa shape index (κ2) is 17.1. The van der Waals surface area contributed by atoms with Gasteiger partial charge in [-0.1, -0.05) is 127 Å². The molecule has 0 aliphatic carbocycles. The molecular formula is C29H46N+. The maximum atomic E-state index is 2.30. The van der Waals surface area contributed by atoms with Gasteiger partial charge in [0.2, 0.25) is 0 Å². The largest absolute Gasteiger partial charge is 0.201 e. The number of nitrogens with zero attached hydrogens (tertiary/aromatic N) is 1. The highest BCUT2D eigenvalue weighted by atomic mass is 14.9. The lowest BCUT2D eigenvalue weighted by Gasteiger charge is -2.04. The van der Waals surface area contributed by atoms with Crippen LogP contribution >= 0.6 is 0 Å². The van der Waals surface area contributed by atoms with Crippen molar-refractivity contribution in [3.8, 4) is 0 Å². The molecule has 1 heteroatoms. The van der Waals surface area contributed by atoms with Crippen molar-refractivity contribution in [2.75, 3.05) is 0 Å². The van der Waals surface area contributed by atoms with Crippen molar-refractivity contribution in [3.63, 3.8) is 0 Å². The molecule has 1 aromatic carbocycles. The molecule has 0 aliphatic rings. The first-order valence-corrected chi connectivity index (χ1v) is 12.9. The van der Waals surface area contributed by atoms with E-state index >= 15 is 0 Å². The minimum absolute atomic E-state index is 0.958. The lowest BCUT2D eigenvalue weighted by Crippen LogP contribution is -2.33. The predicted octanol–water partition coefficient (Wildman–Crippen LogP) is 8.44. The molecule has 0 aliphatic heterocycles. The molecule has 0 unspecified atom stereocenters. The summed E-state index contributed by atoms with van der Waals surface area (Å²) in [6.07, 6.45) is 27.2. The van der Waals surface area contributed by atoms with Gasteiger partial charge in [0.1, 0.15) is 0 Å². The fourth-order valence-electron chi connectivity index (χ4n) is 4.25. The molecule has 166 valence electrons. The van der Waals surface area contributed by atoms with Crippen molar-refractivity contribution in [2.45, 2.75) is 116 Å². The van der Waals surface area contributed by atoms with Crippen LogP contribution in [0.3, 0.4) is 0 Å². The van der Waals surface area contributed by atoms with Gasteiger partial charge < -0.3 is 0 Å². The Bertz CT molecular complexity index is 617. The first-order valence-electron chi connectivity index (χ1n) is 12.9. The summed E-state index contributed by atoms with van der Waals surface area (Å²) in [6.45, 7) is 3.26. The van der Waals surface area contributed by atoms with E-state index in [2.05, 4.69) is 66.3 Å². The highest BCUT2D eigenvalue weighted by Gasteiger charge is 2.03. The molecule has 1 nitrogen and oxygen atoms in total. The van der Waals surface area contributed by atoms with E-state index in [1.165, 1.54) is 114 Å². The van der Waals surface area contributed by atoms with Crippen LogP contribution in [0.15, 0.2) is 54.9 Å². The minimum Gasteiger partial charge on any atom is -0.201 e. The molecule has 0 fully saturated rings.